The summed E-state index contributed by atoms with van der Waals surface area (Å²) in [6, 6.07) is 1.17. The Morgan fingerprint density at radius 1 is 1.44 bits per heavy atom. The predicted molar refractivity (Wildman–Crippen MR) is 33.7 cm³/mol. The number of halogens is 2. The number of aromatic nitrogens is 1. The van der Waals surface area contributed by atoms with E-state index in [0.717, 1.165) is 0 Å². The summed E-state index contributed by atoms with van der Waals surface area (Å²) in [6.07, 6.45) is 1.23. The van der Waals surface area contributed by atoms with Gasteiger partial charge in [0.05, 0.1) is 5.02 Å². The molecule has 0 spiro atoms. The Kier molecular flexibility index (Phi) is 1.78. The van der Waals surface area contributed by atoms with Crippen molar-refractivity contribution in [3.05, 3.63) is 22.4 Å². The van der Waals surface area contributed by atoms with Crippen LogP contribution >= 0.6 is 23.2 Å². The Bertz CT molecular complexity index is 226. The van der Waals surface area contributed by atoms with Gasteiger partial charge in [-0.05, 0) is 6.07 Å². The molecule has 0 saturated heterocycles. The minimum atomic E-state index is -0.295. The van der Waals surface area contributed by atoms with Gasteiger partial charge in [-0.15, -0.1) is 0 Å². The molecular weight excluding hydrogens is 161 g/mol. The standard InChI is InChI=1S/C5H3Cl2NO/c6-3-2-8-5(7)1-4(3)9/h1-2H,(H,8,9)/p-1. The predicted octanol–water partition coefficient (Wildman–Crippen LogP) is 1.46. The summed E-state index contributed by atoms with van der Waals surface area (Å²) >= 11 is 10.7. The van der Waals surface area contributed by atoms with Crippen LogP contribution in [0.3, 0.4) is 0 Å². The van der Waals surface area contributed by atoms with Crippen molar-refractivity contribution in [1.82, 2.24) is 4.98 Å². The van der Waals surface area contributed by atoms with Crippen molar-refractivity contribution in [2.45, 2.75) is 0 Å². The van der Waals surface area contributed by atoms with Crippen molar-refractivity contribution in [3.8, 4) is 5.75 Å². The van der Waals surface area contributed by atoms with E-state index in [1.807, 2.05) is 0 Å². The molecule has 0 unspecified atom stereocenters. The van der Waals surface area contributed by atoms with Crippen LogP contribution in [0.5, 0.6) is 5.75 Å². The molecule has 4 heteroatoms. The molecule has 9 heavy (non-hydrogen) atoms. The maximum Gasteiger partial charge on any atom is 0.128 e. The third-order valence-electron chi connectivity index (χ3n) is 0.787. The molecule has 0 fully saturated rings. The summed E-state index contributed by atoms with van der Waals surface area (Å²) in [5, 5.41) is 10.9. The minimum absolute atomic E-state index is 0.0967. The van der Waals surface area contributed by atoms with E-state index in [0.29, 0.717) is 0 Å². The first-order valence-electron chi connectivity index (χ1n) is 2.18. The molecule has 0 aromatic carbocycles. The lowest BCUT2D eigenvalue weighted by molar-refractivity contribution is -0.268. The zero-order valence-electron chi connectivity index (χ0n) is 4.27. The molecule has 0 radical (unpaired) electrons. The second-order valence-corrected chi connectivity index (χ2v) is 2.23. The van der Waals surface area contributed by atoms with Crippen molar-refractivity contribution < 1.29 is 5.11 Å². The largest absolute Gasteiger partial charge is 0.871 e. The van der Waals surface area contributed by atoms with Crippen LogP contribution in [0, 0.1) is 0 Å². The van der Waals surface area contributed by atoms with Crippen LogP contribution in [0.25, 0.3) is 0 Å². The molecule has 48 valence electrons. The Morgan fingerprint density at radius 3 is 2.56 bits per heavy atom. The first-order valence-corrected chi connectivity index (χ1v) is 2.94. The molecule has 1 aromatic rings. The molecular formula is C5H2Cl2NO-. The molecule has 0 amide bonds. The van der Waals surface area contributed by atoms with Crippen molar-refractivity contribution in [2.75, 3.05) is 0 Å². The summed E-state index contributed by atoms with van der Waals surface area (Å²) in [4.78, 5) is 3.57. The molecule has 0 atom stereocenters. The van der Waals surface area contributed by atoms with Crippen molar-refractivity contribution in [2.24, 2.45) is 0 Å². The van der Waals surface area contributed by atoms with Gasteiger partial charge in [0.1, 0.15) is 5.15 Å². The Morgan fingerprint density at radius 2 is 2.11 bits per heavy atom. The third kappa shape index (κ3) is 1.47. The average Bonchev–Trinajstić information content (AvgIpc) is 1.80. The lowest BCUT2D eigenvalue weighted by Gasteiger charge is -2.05. The Labute approximate surface area is 62.1 Å². The van der Waals surface area contributed by atoms with Gasteiger partial charge in [0.2, 0.25) is 0 Å². The number of hydrogen-bond donors (Lipinski definition) is 0. The fourth-order valence-electron chi connectivity index (χ4n) is 0.396. The smallest absolute Gasteiger partial charge is 0.128 e. The van der Waals surface area contributed by atoms with E-state index in [4.69, 9.17) is 23.2 Å². The molecule has 0 bridgehead atoms. The molecule has 1 rings (SSSR count). The molecule has 1 heterocycles. The maximum absolute atomic E-state index is 10.6. The number of pyridine rings is 1. The fourth-order valence-corrected chi connectivity index (χ4v) is 0.648. The van der Waals surface area contributed by atoms with E-state index in [1.165, 1.54) is 12.3 Å². The second kappa shape index (κ2) is 2.42. The molecule has 0 N–H and O–H groups in total. The van der Waals surface area contributed by atoms with E-state index < -0.39 is 0 Å². The van der Waals surface area contributed by atoms with Crippen molar-refractivity contribution in [1.29, 1.82) is 0 Å². The van der Waals surface area contributed by atoms with E-state index in [9.17, 15) is 5.11 Å². The molecule has 1 aromatic heterocycles. The molecule has 0 aliphatic carbocycles. The van der Waals surface area contributed by atoms with Gasteiger partial charge in [-0.2, -0.15) is 0 Å². The van der Waals surface area contributed by atoms with Crippen LogP contribution in [0.2, 0.25) is 10.2 Å². The number of rotatable bonds is 0. The van der Waals surface area contributed by atoms with Gasteiger partial charge in [0, 0.05) is 6.20 Å². The van der Waals surface area contributed by atoms with E-state index >= 15 is 0 Å². The highest BCUT2D eigenvalue weighted by Gasteiger charge is 1.89. The number of hydrogen-bond acceptors (Lipinski definition) is 2. The zero-order chi connectivity index (χ0) is 6.85. The van der Waals surface area contributed by atoms with Gasteiger partial charge >= 0.3 is 0 Å². The van der Waals surface area contributed by atoms with Gasteiger partial charge in [-0.3, -0.25) is 0 Å². The summed E-state index contributed by atoms with van der Waals surface area (Å²) in [7, 11) is 0. The quantitative estimate of drug-likeness (QED) is 0.542. The number of nitrogens with zero attached hydrogens (tertiary/aromatic N) is 1. The van der Waals surface area contributed by atoms with Gasteiger partial charge < -0.3 is 5.11 Å². The van der Waals surface area contributed by atoms with Gasteiger partial charge in [0.15, 0.2) is 0 Å². The molecule has 2 nitrogen and oxygen atoms in total. The SMILES string of the molecule is [O-]c1cc(Cl)ncc1Cl. The Balaban J connectivity index is 3.17. The normalized spacial score (nSPS) is 9.56. The van der Waals surface area contributed by atoms with E-state index in [2.05, 4.69) is 4.98 Å². The van der Waals surface area contributed by atoms with Gasteiger partial charge in [0.25, 0.3) is 0 Å². The summed E-state index contributed by atoms with van der Waals surface area (Å²) in [5.74, 6) is -0.295. The van der Waals surface area contributed by atoms with Crippen LogP contribution in [-0.2, 0) is 0 Å². The first kappa shape index (κ1) is 6.65. The van der Waals surface area contributed by atoms with Crippen LogP contribution in [-0.4, -0.2) is 4.98 Å². The lowest BCUT2D eigenvalue weighted by Crippen LogP contribution is -1.90. The monoisotopic (exact) mass is 162 g/mol. The minimum Gasteiger partial charge on any atom is -0.871 e. The fraction of sp³-hybridized carbons (Fsp3) is 0. The molecule has 0 aliphatic rings. The topological polar surface area (TPSA) is 36.0 Å². The second-order valence-electron chi connectivity index (χ2n) is 1.44. The summed E-state index contributed by atoms with van der Waals surface area (Å²) in [5.41, 5.74) is 0. The van der Waals surface area contributed by atoms with Crippen LogP contribution in [0.15, 0.2) is 12.3 Å². The van der Waals surface area contributed by atoms with Crippen LogP contribution in [0.1, 0.15) is 0 Å². The van der Waals surface area contributed by atoms with Crippen molar-refractivity contribution in [3.63, 3.8) is 0 Å². The maximum atomic E-state index is 10.6. The summed E-state index contributed by atoms with van der Waals surface area (Å²) in [6.45, 7) is 0. The molecule has 0 saturated carbocycles. The lowest BCUT2D eigenvalue weighted by atomic mass is 10.5. The van der Waals surface area contributed by atoms with E-state index in [1.54, 1.807) is 0 Å². The average molecular weight is 163 g/mol. The zero-order valence-corrected chi connectivity index (χ0v) is 5.78. The highest BCUT2D eigenvalue weighted by Crippen LogP contribution is 2.20. The van der Waals surface area contributed by atoms with Crippen molar-refractivity contribution >= 4 is 23.2 Å². The van der Waals surface area contributed by atoms with Gasteiger partial charge in [-0.25, -0.2) is 4.98 Å². The highest BCUT2D eigenvalue weighted by atomic mass is 35.5. The molecule has 0 aliphatic heterocycles. The third-order valence-corrected chi connectivity index (χ3v) is 1.28. The first-order chi connectivity index (χ1) is 4.20. The van der Waals surface area contributed by atoms with Crippen LogP contribution < -0.4 is 5.11 Å². The summed E-state index contributed by atoms with van der Waals surface area (Å²) < 4.78 is 0. The Hall–Kier alpha value is -0.470. The highest BCUT2D eigenvalue weighted by molar-refractivity contribution is 6.33. The van der Waals surface area contributed by atoms with Crippen LogP contribution in [0.4, 0.5) is 0 Å². The van der Waals surface area contributed by atoms with E-state index in [-0.39, 0.29) is 15.9 Å². The van der Waals surface area contributed by atoms with Gasteiger partial charge in [-0.1, -0.05) is 29.0 Å².